The molecule has 1 amide bonds. The summed E-state index contributed by atoms with van der Waals surface area (Å²) in [5, 5.41) is 0. The molecule has 0 spiro atoms. The highest BCUT2D eigenvalue weighted by atomic mass is 19.3. The number of carbonyl (C=O) groups is 2. The van der Waals surface area contributed by atoms with E-state index in [1.54, 1.807) is 6.92 Å². The predicted octanol–water partition coefficient (Wildman–Crippen LogP) is 2.17. The van der Waals surface area contributed by atoms with Crippen LogP contribution >= 0.6 is 0 Å². The number of amides is 1. The molecule has 0 aliphatic carbocycles. The second-order valence-electron chi connectivity index (χ2n) is 4.52. The third kappa shape index (κ3) is 5.02. The summed E-state index contributed by atoms with van der Waals surface area (Å²) in [6.45, 7) is -1.16. The Hall–Kier alpha value is -2.18. The first-order chi connectivity index (χ1) is 9.85. The normalized spacial score (nSPS) is 11.9. The van der Waals surface area contributed by atoms with Gasteiger partial charge in [-0.2, -0.15) is 8.78 Å². The summed E-state index contributed by atoms with van der Waals surface area (Å²) in [4.78, 5) is 24.8. The van der Waals surface area contributed by atoms with Crippen LogP contribution < -0.4 is 4.74 Å². The summed E-state index contributed by atoms with van der Waals surface area (Å²) in [5.41, 5.74) is 0.202. The van der Waals surface area contributed by atoms with Gasteiger partial charge < -0.3 is 14.4 Å². The summed E-state index contributed by atoms with van der Waals surface area (Å²) >= 11 is 0. The Morgan fingerprint density at radius 2 is 2.00 bits per heavy atom. The fraction of sp³-hybridized carbons (Fsp3) is 0.429. The summed E-state index contributed by atoms with van der Waals surface area (Å²) in [5.74, 6) is -1.40. The van der Waals surface area contributed by atoms with Crippen LogP contribution in [0, 0.1) is 5.92 Å². The first-order valence-electron chi connectivity index (χ1n) is 6.23. The number of esters is 1. The zero-order chi connectivity index (χ0) is 16.0. The van der Waals surface area contributed by atoms with Gasteiger partial charge in [-0.1, -0.05) is 13.0 Å². The van der Waals surface area contributed by atoms with Crippen LogP contribution in [0.4, 0.5) is 8.78 Å². The van der Waals surface area contributed by atoms with E-state index in [2.05, 4.69) is 9.47 Å². The van der Waals surface area contributed by atoms with Crippen LogP contribution in [-0.4, -0.2) is 44.1 Å². The molecule has 1 unspecified atom stereocenters. The van der Waals surface area contributed by atoms with Crippen molar-refractivity contribution in [1.82, 2.24) is 4.90 Å². The van der Waals surface area contributed by atoms with E-state index in [0.717, 1.165) is 0 Å². The Morgan fingerprint density at radius 1 is 1.33 bits per heavy atom. The molecule has 0 heterocycles. The molecule has 0 saturated carbocycles. The van der Waals surface area contributed by atoms with E-state index in [0.29, 0.717) is 0 Å². The number of benzene rings is 1. The van der Waals surface area contributed by atoms with Gasteiger partial charge in [0.25, 0.3) is 5.91 Å². The van der Waals surface area contributed by atoms with Crippen molar-refractivity contribution in [2.24, 2.45) is 5.92 Å². The van der Waals surface area contributed by atoms with Crippen molar-refractivity contribution in [2.75, 3.05) is 20.7 Å². The first-order valence-corrected chi connectivity index (χ1v) is 6.23. The fourth-order valence-electron chi connectivity index (χ4n) is 1.80. The average molecular weight is 301 g/mol. The molecule has 0 aliphatic heterocycles. The molecule has 0 bridgehead atoms. The van der Waals surface area contributed by atoms with Crippen LogP contribution in [0.15, 0.2) is 24.3 Å². The third-order valence-electron chi connectivity index (χ3n) is 2.80. The fourth-order valence-corrected chi connectivity index (χ4v) is 1.80. The molecule has 7 heteroatoms. The molecule has 1 atom stereocenters. The highest BCUT2D eigenvalue weighted by molar-refractivity contribution is 5.94. The number of hydrogen-bond acceptors (Lipinski definition) is 4. The van der Waals surface area contributed by atoms with E-state index in [1.807, 2.05) is 0 Å². The van der Waals surface area contributed by atoms with Crippen LogP contribution in [0.5, 0.6) is 5.75 Å². The average Bonchev–Trinajstić information content (AvgIpc) is 2.44. The number of carbonyl (C=O) groups excluding carboxylic acids is 2. The van der Waals surface area contributed by atoms with Gasteiger partial charge in [-0.15, -0.1) is 0 Å². The molecule has 0 saturated heterocycles. The molecule has 1 aromatic carbocycles. The highest BCUT2D eigenvalue weighted by Gasteiger charge is 2.20. The topological polar surface area (TPSA) is 55.8 Å². The Kier molecular flexibility index (Phi) is 6.08. The maximum absolute atomic E-state index is 12.2. The minimum Gasteiger partial charge on any atom is -0.469 e. The van der Waals surface area contributed by atoms with Gasteiger partial charge >= 0.3 is 12.6 Å². The van der Waals surface area contributed by atoms with Gasteiger partial charge in [-0.3, -0.25) is 9.59 Å². The molecule has 0 aliphatic rings. The van der Waals surface area contributed by atoms with Crippen molar-refractivity contribution >= 4 is 11.9 Å². The molecule has 21 heavy (non-hydrogen) atoms. The maximum atomic E-state index is 12.2. The van der Waals surface area contributed by atoms with Crippen LogP contribution in [0.25, 0.3) is 0 Å². The molecule has 0 radical (unpaired) electrons. The Labute approximate surface area is 121 Å². The Morgan fingerprint density at radius 3 is 2.57 bits per heavy atom. The second kappa shape index (κ2) is 7.56. The van der Waals surface area contributed by atoms with E-state index in [9.17, 15) is 18.4 Å². The number of hydrogen-bond donors (Lipinski definition) is 0. The maximum Gasteiger partial charge on any atom is 0.387 e. The minimum absolute atomic E-state index is 0.0923. The number of ether oxygens (including phenoxy) is 2. The van der Waals surface area contributed by atoms with Crippen molar-refractivity contribution in [2.45, 2.75) is 13.5 Å². The lowest BCUT2D eigenvalue weighted by molar-refractivity contribution is -0.145. The molecule has 1 aromatic rings. The highest BCUT2D eigenvalue weighted by Crippen LogP contribution is 2.17. The summed E-state index contributed by atoms with van der Waals surface area (Å²) in [6, 6.07) is 5.50. The van der Waals surface area contributed by atoms with Crippen molar-refractivity contribution in [3.05, 3.63) is 29.8 Å². The summed E-state index contributed by atoms with van der Waals surface area (Å²) in [6.07, 6.45) is 0. The largest absolute Gasteiger partial charge is 0.469 e. The molecule has 0 fully saturated rings. The summed E-state index contributed by atoms with van der Waals surface area (Å²) in [7, 11) is 2.79. The smallest absolute Gasteiger partial charge is 0.387 e. The number of methoxy groups -OCH3 is 1. The lowest BCUT2D eigenvalue weighted by atomic mass is 10.1. The van der Waals surface area contributed by atoms with Gasteiger partial charge in [0.15, 0.2) is 0 Å². The van der Waals surface area contributed by atoms with Gasteiger partial charge in [-0.05, 0) is 18.2 Å². The predicted molar refractivity (Wildman–Crippen MR) is 71.2 cm³/mol. The molecule has 5 nitrogen and oxygen atoms in total. The van der Waals surface area contributed by atoms with Crippen LogP contribution in [0.1, 0.15) is 17.3 Å². The quantitative estimate of drug-likeness (QED) is 0.756. The van der Waals surface area contributed by atoms with Crippen molar-refractivity contribution in [3.63, 3.8) is 0 Å². The van der Waals surface area contributed by atoms with Gasteiger partial charge in [0.1, 0.15) is 5.75 Å². The lowest BCUT2D eigenvalue weighted by Gasteiger charge is -2.20. The van der Waals surface area contributed by atoms with Gasteiger partial charge in [0, 0.05) is 19.2 Å². The van der Waals surface area contributed by atoms with E-state index in [1.165, 1.54) is 43.3 Å². The zero-order valence-electron chi connectivity index (χ0n) is 12.0. The Balaban J connectivity index is 2.76. The molecule has 116 valence electrons. The van der Waals surface area contributed by atoms with Gasteiger partial charge in [-0.25, -0.2) is 0 Å². The zero-order valence-corrected chi connectivity index (χ0v) is 12.0. The minimum atomic E-state index is -2.95. The van der Waals surface area contributed by atoms with Gasteiger partial charge in [0.05, 0.1) is 13.0 Å². The second-order valence-corrected chi connectivity index (χ2v) is 4.52. The van der Waals surface area contributed by atoms with E-state index < -0.39 is 24.4 Å². The third-order valence-corrected chi connectivity index (χ3v) is 2.80. The van der Waals surface area contributed by atoms with Gasteiger partial charge in [0.2, 0.25) is 0 Å². The first kappa shape index (κ1) is 16.9. The molecular formula is C14H17F2NO4. The van der Waals surface area contributed by atoms with Crippen LogP contribution in [0.3, 0.4) is 0 Å². The standard InChI is InChI=1S/C14H17F2NO4/c1-9(13(19)20-3)8-17(2)12(18)10-5-4-6-11(7-10)21-14(15)16/h4-7,9,14H,8H2,1-3H3. The van der Waals surface area contributed by atoms with Crippen molar-refractivity contribution in [3.8, 4) is 5.75 Å². The van der Waals surface area contributed by atoms with Crippen LogP contribution in [0.2, 0.25) is 0 Å². The number of halogens is 2. The molecule has 0 aromatic heterocycles. The van der Waals surface area contributed by atoms with Crippen LogP contribution in [-0.2, 0) is 9.53 Å². The number of alkyl halides is 2. The van der Waals surface area contributed by atoms with Crippen molar-refractivity contribution < 1.29 is 27.8 Å². The SMILES string of the molecule is COC(=O)C(C)CN(C)C(=O)c1cccc(OC(F)F)c1. The van der Waals surface area contributed by atoms with Crippen molar-refractivity contribution in [1.29, 1.82) is 0 Å². The Bertz CT molecular complexity index is 508. The molecule has 0 N–H and O–H groups in total. The lowest BCUT2D eigenvalue weighted by Crippen LogP contribution is -2.34. The van der Waals surface area contributed by atoms with E-state index >= 15 is 0 Å². The van der Waals surface area contributed by atoms with E-state index in [4.69, 9.17) is 0 Å². The molecular weight excluding hydrogens is 284 g/mol. The van der Waals surface area contributed by atoms with E-state index in [-0.39, 0.29) is 17.9 Å². The molecule has 1 rings (SSSR count). The monoisotopic (exact) mass is 301 g/mol. The number of rotatable bonds is 6. The summed E-state index contributed by atoms with van der Waals surface area (Å²) < 4.78 is 33.1. The number of nitrogens with zero attached hydrogens (tertiary/aromatic N) is 1.